The molecule has 2 aromatic rings. The standard InChI is InChI=1S/C24H20FN3O6/c1-32-22(29)14-9-10-17(16(25)11-14)28-20(24(31)34-3)19(23(30)33-2)18(15(12-26)21(28)27)13-7-5-4-6-8-13/h4-11,18H,27H2,1-3H3. The first-order chi connectivity index (χ1) is 16.3. The van der Waals surface area contributed by atoms with E-state index >= 15 is 4.39 Å². The molecule has 2 N–H and O–H groups in total. The molecule has 1 heterocycles. The van der Waals surface area contributed by atoms with Crippen molar-refractivity contribution in [3.05, 3.63) is 88.1 Å². The monoisotopic (exact) mass is 465 g/mol. The van der Waals surface area contributed by atoms with E-state index in [2.05, 4.69) is 4.74 Å². The van der Waals surface area contributed by atoms with E-state index in [0.717, 1.165) is 32.3 Å². The van der Waals surface area contributed by atoms with E-state index < -0.39 is 35.3 Å². The minimum Gasteiger partial charge on any atom is -0.466 e. The number of carbonyl (C=O) groups excluding carboxylic acids is 3. The number of esters is 3. The Hall–Kier alpha value is -4.65. The van der Waals surface area contributed by atoms with Crippen molar-refractivity contribution in [2.24, 2.45) is 5.73 Å². The van der Waals surface area contributed by atoms with Crippen molar-refractivity contribution in [1.82, 2.24) is 0 Å². The smallest absolute Gasteiger partial charge is 0.355 e. The molecule has 3 rings (SSSR count). The van der Waals surface area contributed by atoms with E-state index in [4.69, 9.17) is 15.2 Å². The topological polar surface area (TPSA) is 132 Å². The average Bonchev–Trinajstić information content (AvgIpc) is 2.87. The van der Waals surface area contributed by atoms with Gasteiger partial charge < -0.3 is 19.9 Å². The van der Waals surface area contributed by atoms with Gasteiger partial charge in [0.15, 0.2) is 0 Å². The summed E-state index contributed by atoms with van der Waals surface area (Å²) < 4.78 is 29.6. The molecule has 0 aliphatic carbocycles. The molecule has 0 fully saturated rings. The minimum atomic E-state index is -1.08. The van der Waals surface area contributed by atoms with Crippen LogP contribution >= 0.6 is 0 Å². The van der Waals surface area contributed by atoms with E-state index in [-0.39, 0.29) is 28.2 Å². The fourth-order valence-corrected chi connectivity index (χ4v) is 3.70. The quantitative estimate of drug-likeness (QED) is 0.522. The van der Waals surface area contributed by atoms with Crippen LogP contribution in [0.25, 0.3) is 0 Å². The first kappa shape index (κ1) is 24.0. The highest BCUT2D eigenvalue weighted by Gasteiger charge is 2.43. The highest BCUT2D eigenvalue weighted by atomic mass is 19.1. The van der Waals surface area contributed by atoms with E-state index in [9.17, 15) is 19.6 Å². The van der Waals surface area contributed by atoms with Crippen LogP contribution in [-0.2, 0) is 23.8 Å². The Labute approximate surface area is 194 Å². The fraction of sp³-hybridized carbons (Fsp3) is 0.167. The molecule has 0 spiro atoms. The summed E-state index contributed by atoms with van der Waals surface area (Å²) in [5, 5.41) is 9.97. The van der Waals surface area contributed by atoms with Crippen molar-refractivity contribution in [3.8, 4) is 6.07 Å². The lowest BCUT2D eigenvalue weighted by molar-refractivity contribution is -0.139. The van der Waals surface area contributed by atoms with Gasteiger partial charge in [-0.05, 0) is 23.8 Å². The molecule has 174 valence electrons. The number of ether oxygens (including phenoxy) is 3. The van der Waals surface area contributed by atoms with Crippen LogP contribution in [0.15, 0.2) is 71.2 Å². The van der Waals surface area contributed by atoms with Crippen molar-refractivity contribution in [2.45, 2.75) is 5.92 Å². The van der Waals surface area contributed by atoms with Crippen molar-refractivity contribution < 1.29 is 33.0 Å². The lowest BCUT2D eigenvalue weighted by Crippen LogP contribution is -2.41. The first-order valence-corrected chi connectivity index (χ1v) is 9.84. The third-order valence-corrected chi connectivity index (χ3v) is 5.22. The maximum absolute atomic E-state index is 15.2. The van der Waals surface area contributed by atoms with Gasteiger partial charge in [-0.3, -0.25) is 4.90 Å². The summed E-state index contributed by atoms with van der Waals surface area (Å²) in [5.74, 6) is -5.08. The zero-order valence-corrected chi connectivity index (χ0v) is 18.5. The third-order valence-electron chi connectivity index (χ3n) is 5.22. The summed E-state index contributed by atoms with van der Waals surface area (Å²) in [4.78, 5) is 38.6. The SMILES string of the molecule is COC(=O)C1=C(C(=O)OC)N(c2ccc(C(=O)OC)cc2F)C(N)=C(C#N)C1c1ccccc1. The summed E-state index contributed by atoms with van der Waals surface area (Å²) in [6.45, 7) is 0. The van der Waals surface area contributed by atoms with Gasteiger partial charge in [0.25, 0.3) is 0 Å². The predicted octanol–water partition coefficient (Wildman–Crippen LogP) is 2.51. The molecule has 0 amide bonds. The molecule has 1 aliphatic heterocycles. The van der Waals surface area contributed by atoms with E-state index in [1.165, 1.54) is 12.1 Å². The Kier molecular flexibility index (Phi) is 6.97. The highest BCUT2D eigenvalue weighted by molar-refractivity contribution is 6.06. The Morgan fingerprint density at radius 2 is 1.59 bits per heavy atom. The number of methoxy groups -OCH3 is 3. The second-order valence-electron chi connectivity index (χ2n) is 6.99. The number of hydrogen-bond donors (Lipinski definition) is 1. The van der Waals surface area contributed by atoms with E-state index in [1.807, 2.05) is 6.07 Å². The molecule has 1 unspecified atom stereocenters. The number of halogens is 1. The molecule has 9 nitrogen and oxygen atoms in total. The van der Waals surface area contributed by atoms with Crippen LogP contribution in [0.2, 0.25) is 0 Å². The van der Waals surface area contributed by atoms with Gasteiger partial charge in [-0.1, -0.05) is 30.3 Å². The summed E-state index contributed by atoms with van der Waals surface area (Å²) >= 11 is 0. The zero-order chi connectivity index (χ0) is 25.0. The van der Waals surface area contributed by atoms with E-state index in [1.54, 1.807) is 30.3 Å². The second-order valence-corrected chi connectivity index (χ2v) is 6.99. The van der Waals surface area contributed by atoms with Gasteiger partial charge in [-0.15, -0.1) is 0 Å². The molecule has 0 saturated heterocycles. The zero-order valence-electron chi connectivity index (χ0n) is 18.5. The number of carbonyl (C=O) groups is 3. The molecule has 0 bridgehead atoms. The largest absolute Gasteiger partial charge is 0.466 e. The number of nitriles is 1. The lowest BCUT2D eigenvalue weighted by atomic mass is 9.81. The van der Waals surface area contributed by atoms with Crippen LogP contribution in [0.5, 0.6) is 0 Å². The molecular formula is C24H20FN3O6. The number of nitrogens with two attached hydrogens (primary N) is 1. The van der Waals surface area contributed by atoms with Gasteiger partial charge in [-0.2, -0.15) is 5.26 Å². The Bertz CT molecular complexity index is 1260. The predicted molar refractivity (Wildman–Crippen MR) is 117 cm³/mol. The summed E-state index contributed by atoms with van der Waals surface area (Å²) in [6, 6.07) is 13.7. The molecule has 1 aliphatic rings. The van der Waals surface area contributed by atoms with Crippen molar-refractivity contribution in [2.75, 3.05) is 26.2 Å². The first-order valence-electron chi connectivity index (χ1n) is 9.84. The minimum absolute atomic E-state index is 0.0947. The van der Waals surface area contributed by atoms with Crippen LogP contribution in [-0.4, -0.2) is 39.2 Å². The van der Waals surface area contributed by atoms with Gasteiger partial charge in [0.1, 0.15) is 17.3 Å². The Morgan fingerprint density at radius 1 is 0.971 bits per heavy atom. The lowest BCUT2D eigenvalue weighted by Gasteiger charge is -2.36. The van der Waals surface area contributed by atoms with Crippen LogP contribution in [0, 0.1) is 17.1 Å². The number of benzene rings is 2. The Balaban J connectivity index is 2.39. The number of allylic oxidation sites excluding steroid dienone is 1. The molecular weight excluding hydrogens is 445 g/mol. The van der Waals surface area contributed by atoms with E-state index in [0.29, 0.717) is 5.56 Å². The molecule has 0 saturated carbocycles. The Morgan fingerprint density at radius 3 is 2.12 bits per heavy atom. The summed E-state index contributed by atoms with van der Waals surface area (Å²) in [7, 11) is 3.33. The number of nitrogens with zero attached hydrogens (tertiary/aromatic N) is 2. The fourth-order valence-electron chi connectivity index (χ4n) is 3.70. The number of hydrogen-bond acceptors (Lipinski definition) is 9. The van der Waals surface area contributed by atoms with Gasteiger partial charge in [0.2, 0.25) is 0 Å². The molecule has 10 heteroatoms. The van der Waals surface area contributed by atoms with Crippen molar-refractivity contribution in [1.29, 1.82) is 5.26 Å². The van der Waals surface area contributed by atoms with Crippen molar-refractivity contribution in [3.63, 3.8) is 0 Å². The molecule has 0 aromatic heterocycles. The van der Waals surface area contributed by atoms with Gasteiger partial charge >= 0.3 is 17.9 Å². The average molecular weight is 465 g/mol. The van der Waals surface area contributed by atoms with Crippen LogP contribution in [0.1, 0.15) is 21.8 Å². The number of rotatable bonds is 5. The molecule has 2 aromatic carbocycles. The molecule has 34 heavy (non-hydrogen) atoms. The normalized spacial score (nSPS) is 15.5. The number of anilines is 1. The maximum atomic E-state index is 15.2. The summed E-state index contributed by atoms with van der Waals surface area (Å²) in [5.41, 5.74) is 5.58. The van der Waals surface area contributed by atoms with Crippen LogP contribution in [0.4, 0.5) is 10.1 Å². The van der Waals surface area contributed by atoms with Gasteiger partial charge in [-0.25, -0.2) is 18.8 Å². The third kappa shape index (κ3) is 4.06. The van der Waals surface area contributed by atoms with Gasteiger partial charge in [0.05, 0.1) is 55.7 Å². The maximum Gasteiger partial charge on any atom is 0.355 e. The highest BCUT2D eigenvalue weighted by Crippen LogP contribution is 2.43. The van der Waals surface area contributed by atoms with Crippen LogP contribution < -0.4 is 10.6 Å². The second kappa shape index (κ2) is 9.87. The van der Waals surface area contributed by atoms with Gasteiger partial charge in [0, 0.05) is 0 Å². The summed E-state index contributed by atoms with van der Waals surface area (Å²) in [6.07, 6.45) is 0. The molecule has 0 radical (unpaired) electrons. The van der Waals surface area contributed by atoms with Crippen molar-refractivity contribution >= 4 is 23.6 Å². The van der Waals surface area contributed by atoms with Crippen LogP contribution in [0.3, 0.4) is 0 Å². The molecule has 1 atom stereocenters.